The topological polar surface area (TPSA) is 66.4 Å². The minimum absolute atomic E-state index is 0.259. The lowest BCUT2D eigenvalue weighted by Crippen LogP contribution is -2.38. The van der Waals surface area contributed by atoms with Crippen molar-refractivity contribution in [2.24, 2.45) is 0 Å². The van der Waals surface area contributed by atoms with Crippen molar-refractivity contribution >= 4 is 9.84 Å². The van der Waals surface area contributed by atoms with Crippen LogP contribution >= 0.6 is 0 Å². The summed E-state index contributed by atoms with van der Waals surface area (Å²) in [4.78, 5) is 0. The van der Waals surface area contributed by atoms with Gasteiger partial charge in [0.1, 0.15) is 0 Å². The SMILES string of the molecule is CS(=O)(=O)C1CCCC1NO. The molecule has 1 rings (SSSR count). The molecule has 11 heavy (non-hydrogen) atoms. The molecule has 4 nitrogen and oxygen atoms in total. The van der Waals surface area contributed by atoms with Gasteiger partial charge in [-0.1, -0.05) is 6.42 Å². The van der Waals surface area contributed by atoms with Gasteiger partial charge in [-0.25, -0.2) is 13.9 Å². The summed E-state index contributed by atoms with van der Waals surface area (Å²) in [5.74, 6) is 0. The van der Waals surface area contributed by atoms with Gasteiger partial charge in [-0.2, -0.15) is 0 Å². The lowest BCUT2D eigenvalue weighted by molar-refractivity contribution is 0.129. The first-order valence-corrected chi connectivity index (χ1v) is 5.59. The molecule has 5 heteroatoms. The molecule has 0 heterocycles. The normalized spacial score (nSPS) is 32.5. The van der Waals surface area contributed by atoms with E-state index in [2.05, 4.69) is 0 Å². The van der Waals surface area contributed by atoms with Crippen LogP contribution in [0.3, 0.4) is 0 Å². The number of hydroxylamine groups is 1. The van der Waals surface area contributed by atoms with E-state index in [1.807, 2.05) is 5.48 Å². The first-order valence-electron chi connectivity index (χ1n) is 3.64. The largest absolute Gasteiger partial charge is 0.317 e. The highest BCUT2D eigenvalue weighted by Crippen LogP contribution is 2.24. The Labute approximate surface area is 66.5 Å². The molecule has 0 aromatic heterocycles. The van der Waals surface area contributed by atoms with Crippen LogP contribution in [-0.2, 0) is 9.84 Å². The molecule has 1 aliphatic carbocycles. The Balaban J connectivity index is 2.72. The molecule has 66 valence electrons. The third kappa shape index (κ3) is 1.91. The van der Waals surface area contributed by atoms with Crippen LogP contribution in [0.4, 0.5) is 0 Å². The number of hydrogen-bond acceptors (Lipinski definition) is 4. The second-order valence-electron chi connectivity index (χ2n) is 3.03. The number of sulfone groups is 1. The number of hydrogen-bond donors (Lipinski definition) is 2. The molecule has 1 fully saturated rings. The molecule has 0 spiro atoms. The van der Waals surface area contributed by atoms with Gasteiger partial charge in [-0.05, 0) is 12.8 Å². The van der Waals surface area contributed by atoms with Crippen LogP contribution in [-0.4, -0.2) is 31.2 Å². The van der Waals surface area contributed by atoms with Crippen molar-refractivity contribution in [1.29, 1.82) is 0 Å². The minimum atomic E-state index is -2.99. The zero-order valence-electron chi connectivity index (χ0n) is 6.45. The van der Waals surface area contributed by atoms with Crippen molar-refractivity contribution in [2.45, 2.75) is 30.6 Å². The summed E-state index contributed by atoms with van der Waals surface area (Å²) in [5, 5.41) is 8.19. The highest BCUT2D eigenvalue weighted by molar-refractivity contribution is 7.91. The maximum Gasteiger partial charge on any atom is 0.151 e. The van der Waals surface area contributed by atoms with Gasteiger partial charge in [0.2, 0.25) is 0 Å². The lowest BCUT2D eigenvalue weighted by atomic mass is 10.3. The molecule has 0 radical (unpaired) electrons. The Hall–Kier alpha value is -0.130. The predicted molar refractivity (Wildman–Crippen MR) is 41.2 cm³/mol. The summed E-state index contributed by atoms with van der Waals surface area (Å²) in [7, 11) is -2.99. The van der Waals surface area contributed by atoms with E-state index < -0.39 is 15.1 Å². The molecule has 0 aromatic carbocycles. The van der Waals surface area contributed by atoms with Gasteiger partial charge in [0.15, 0.2) is 9.84 Å². The van der Waals surface area contributed by atoms with E-state index in [1.54, 1.807) is 0 Å². The van der Waals surface area contributed by atoms with E-state index in [0.29, 0.717) is 6.42 Å². The first-order chi connectivity index (χ1) is 5.05. The van der Waals surface area contributed by atoms with E-state index in [0.717, 1.165) is 12.8 Å². The van der Waals surface area contributed by atoms with Crippen LogP contribution in [0, 0.1) is 0 Å². The standard InChI is InChI=1S/C6H13NO3S/c1-11(9,10)6-4-2-3-5(6)7-8/h5-8H,2-4H2,1H3. The average Bonchev–Trinajstić information content (AvgIpc) is 2.31. The third-order valence-electron chi connectivity index (χ3n) is 2.17. The maximum atomic E-state index is 11.1. The van der Waals surface area contributed by atoms with Crippen LogP contribution in [0.25, 0.3) is 0 Å². The quantitative estimate of drug-likeness (QED) is 0.582. The summed E-state index contributed by atoms with van der Waals surface area (Å²) in [6.07, 6.45) is 3.49. The predicted octanol–water partition coefficient (Wildman–Crippen LogP) is -0.0691. The van der Waals surface area contributed by atoms with Gasteiger partial charge in [0, 0.05) is 12.3 Å². The second kappa shape index (κ2) is 3.08. The molecule has 0 amide bonds. The summed E-state index contributed by atoms with van der Waals surface area (Å²) < 4.78 is 22.1. The monoisotopic (exact) mass is 179 g/mol. The summed E-state index contributed by atoms with van der Waals surface area (Å²) in [5.41, 5.74) is 2.04. The zero-order valence-corrected chi connectivity index (χ0v) is 7.26. The third-order valence-corrected chi connectivity index (χ3v) is 3.83. The Kier molecular flexibility index (Phi) is 2.51. The van der Waals surface area contributed by atoms with Crippen LogP contribution < -0.4 is 5.48 Å². The van der Waals surface area contributed by atoms with Gasteiger partial charge < -0.3 is 5.21 Å². The molecule has 0 aliphatic heterocycles. The molecule has 1 aliphatic rings. The second-order valence-corrected chi connectivity index (χ2v) is 5.30. The number of rotatable bonds is 2. The highest BCUT2D eigenvalue weighted by Gasteiger charge is 2.34. The highest BCUT2D eigenvalue weighted by atomic mass is 32.2. The van der Waals surface area contributed by atoms with Gasteiger partial charge in [-0.15, -0.1) is 0 Å². The van der Waals surface area contributed by atoms with Crippen LogP contribution in [0.2, 0.25) is 0 Å². The molecular weight excluding hydrogens is 166 g/mol. The van der Waals surface area contributed by atoms with Crippen molar-refractivity contribution in [3.63, 3.8) is 0 Å². The Morgan fingerprint density at radius 2 is 2.09 bits per heavy atom. The number of nitrogens with one attached hydrogen (secondary N) is 1. The summed E-state index contributed by atoms with van der Waals surface area (Å²) >= 11 is 0. The smallest absolute Gasteiger partial charge is 0.151 e. The van der Waals surface area contributed by atoms with Crippen LogP contribution in [0.1, 0.15) is 19.3 Å². The summed E-state index contributed by atoms with van der Waals surface area (Å²) in [6, 6.07) is -0.259. The Morgan fingerprint density at radius 3 is 2.45 bits per heavy atom. The van der Waals surface area contributed by atoms with Crippen molar-refractivity contribution in [3.05, 3.63) is 0 Å². The minimum Gasteiger partial charge on any atom is -0.317 e. The molecule has 2 unspecified atom stereocenters. The van der Waals surface area contributed by atoms with E-state index in [4.69, 9.17) is 5.21 Å². The molecule has 0 bridgehead atoms. The molecule has 1 saturated carbocycles. The maximum absolute atomic E-state index is 11.1. The lowest BCUT2D eigenvalue weighted by Gasteiger charge is -2.15. The molecule has 0 aromatic rings. The van der Waals surface area contributed by atoms with Crippen molar-refractivity contribution in [2.75, 3.05) is 6.26 Å². The fourth-order valence-electron chi connectivity index (χ4n) is 1.59. The van der Waals surface area contributed by atoms with Crippen LogP contribution in [0.5, 0.6) is 0 Å². The summed E-state index contributed by atoms with van der Waals surface area (Å²) in [6.45, 7) is 0. The van der Waals surface area contributed by atoms with Crippen LogP contribution in [0.15, 0.2) is 0 Å². The van der Waals surface area contributed by atoms with Gasteiger partial charge in [0.25, 0.3) is 0 Å². The van der Waals surface area contributed by atoms with Crippen molar-refractivity contribution < 1.29 is 13.6 Å². The van der Waals surface area contributed by atoms with Gasteiger partial charge in [0.05, 0.1) is 5.25 Å². The van der Waals surface area contributed by atoms with Crippen molar-refractivity contribution in [3.8, 4) is 0 Å². The fraction of sp³-hybridized carbons (Fsp3) is 1.00. The Bertz CT molecular complexity index is 224. The van der Waals surface area contributed by atoms with Crippen molar-refractivity contribution in [1.82, 2.24) is 5.48 Å². The first kappa shape index (κ1) is 8.96. The molecule has 2 atom stereocenters. The Morgan fingerprint density at radius 1 is 1.45 bits per heavy atom. The van der Waals surface area contributed by atoms with Gasteiger partial charge >= 0.3 is 0 Å². The van der Waals surface area contributed by atoms with E-state index in [-0.39, 0.29) is 6.04 Å². The zero-order chi connectivity index (χ0) is 8.48. The van der Waals surface area contributed by atoms with Gasteiger partial charge in [-0.3, -0.25) is 0 Å². The molecular formula is C6H13NO3S. The fourth-order valence-corrected chi connectivity index (χ4v) is 2.97. The molecule has 0 saturated heterocycles. The van der Waals surface area contributed by atoms with E-state index in [1.165, 1.54) is 6.26 Å². The molecule has 2 N–H and O–H groups in total. The van der Waals surface area contributed by atoms with E-state index >= 15 is 0 Å². The average molecular weight is 179 g/mol. The van der Waals surface area contributed by atoms with E-state index in [9.17, 15) is 8.42 Å².